The second kappa shape index (κ2) is 3.30. The molecule has 0 saturated heterocycles. The van der Waals surface area contributed by atoms with E-state index in [1.807, 2.05) is 17.4 Å². The number of aryl methyl sites for hydroxylation is 1. The zero-order chi connectivity index (χ0) is 9.26. The molecule has 1 nitrogen and oxygen atoms in total. The predicted molar refractivity (Wildman–Crippen MR) is 57.0 cm³/mol. The lowest BCUT2D eigenvalue weighted by Crippen LogP contribution is -2.33. The van der Waals surface area contributed by atoms with E-state index in [2.05, 4.69) is 42.3 Å². The largest absolute Gasteiger partial charge is 0.235 e. The molecule has 0 bridgehead atoms. The van der Waals surface area contributed by atoms with Gasteiger partial charge in [-0.15, -0.1) is 0 Å². The summed E-state index contributed by atoms with van der Waals surface area (Å²) < 4.78 is 3.63. The van der Waals surface area contributed by atoms with E-state index in [0.717, 1.165) is 6.54 Å². The first-order valence-corrected chi connectivity index (χ1v) is 5.13. The van der Waals surface area contributed by atoms with Crippen LogP contribution in [0.25, 0.3) is 10.2 Å². The molecule has 1 heterocycles. The minimum Gasteiger partial charge on any atom is -0.182 e. The van der Waals surface area contributed by atoms with Crippen molar-refractivity contribution < 1.29 is 4.57 Å². The highest BCUT2D eigenvalue weighted by Crippen LogP contribution is 2.18. The lowest BCUT2D eigenvalue weighted by atomic mass is 10.3. The molecule has 1 aromatic carbocycles. The zero-order valence-electron chi connectivity index (χ0n) is 7.66. The lowest BCUT2D eigenvalue weighted by Gasteiger charge is -1.89. The third-order valence-electron chi connectivity index (χ3n) is 2.11. The van der Waals surface area contributed by atoms with Crippen LogP contribution >= 0.6 is 11.3 Å². The molecule has 0 saturated carbocycles. The molecule has 0 spiro atoms. The number of hydrogen-bond donors (Lipinski definition) is 0. The van der Waals surface area contributed by atoms with Crippen LogP contribution in [-0.4, -0.2) is 0 Å². The molecule has 0 N–H and O–H groups in total. The van der Waals surface area contributed by atoms with Crippen molar-refractivity contribution in [1.82, 2.24) is 0 Å². The van der Waals surface area contributed by atoms with Crippen molar-refractivity contribution in [3.63, 3.8) is 0 Å². The third-order valence-corrected chi connectivity index (χ3v) is 3.19. The highest BCUT2D eigenvalue weighted by Gasteiger charge is 2.13. The maximum Gasteiger partial charge on any atom is 0.235 e. The number of hydrogen-bond acceptors (Lipinski definition) is 1. The summed E-state index contributed by atoms with van der Waals surface area (Å²) in [5, 5.41) is 1.33. The monoisotopic (exact) mass is 190 g/mol. The van der Waals surface area contributed by atoms with Crippen LogP contribution in [0.1, 0.15) is 5.01 Å². The molecule has 0 unspecified atom stereocenters. The number of rotatable bonds is 2. The zero-order valence-corrected chi connectivity index (χ0v) is 8.47. The van der Waals surface area contributed by atoms with Crippen LogP contribution in [0.2, 0.25) is 0 Å². The smallest absolute Gasteiger partial charge is 0.182 e. The summed E-state index contributed by atoms with van der Waals surface area (Å²) >= 11 is 1.83. The average molecular weight is 190 g/mol. The Bertz CT molecular complexity index is 442. The molecule has 66 valence electrons. The molecule has 0 aliphatic heterocycles. The summed E-state index contributed by atoms with van der Waals surface area (Å²) in [5.41, 5.74) is 1.31. The molecular weight excluding hydrogens is 178 g/mol. The lowest BCUT2D eigenvalue weighted by molar-refractivity contribution is -0.662. The standard InChI is InChI=1S/C11H12NS/c1-3-8-12-9(2)13-11-7-5-4-6-10(11)12/h3-7H,1,8H2,2H3/q+1. The predicted octanol–water partition coefficient (Wildman–Crippen LogP) is 2.68. The van der Waals surface area contributed by atoms with Crippen molar-refractivity contribution in [1.29, 1.82) is 0 Å². The molecule has 0 aliphatic rings. The van der Waals surface area contributed by atoms with Crippen molar-refractivity contribution in [3.05, 3.63) is 41.9 Å². The SMILES string of the molecule is C=CC[n+]1c(C)sc2ccccc21. The minimum absolute atomic E-state index is 0.899. The van der Waals surface area contributed by atoms with Crippen LogP contribution in [0.5, 0.6) is 0 Å². The van der Waals surface area contributed by atoms with Gasteiger partial charge in [-0.2, -0.15) is 4.57 Å². The maximum atomic E-state index is 3.77. The quantitative estimate of drug-likeness (QED) is 0.506. The van der Waals surface area contributed by atoms with Crippen molar-refractivity contribution in [3.8, 4) is 0 Å². The van der Waals surface area contributed by atoms with Gasteiger partial charge in [0.25, 0.3) is 0 Å². The molecule has 2 heteroatoms. The van der Waals surface area contributed by atoms with Gasteiger partial charge in [-0.05, 0) is 12.1 Å². The van der Waals surface area contributed by atoms with Crippen LogP contribution in [-0.2, 0) is 6.54 Å². The Morgan fingerprint density at radius 3 is 3.00 bits per heavy atom. The molecular formula is C11H12NS+. The van der Waals surface area contributed by atoms with Crippen molar-refractivity contribution >= 4 is 21.6 Å². The highest BCUT2D eigenvalue weighted by atomic mass is 32.1. The van der Waals surface area contributed by atoms with Crippen molar-refractivity contribution in [2.24, 2.45) is 0 Å². The Hall–Kier alpha value is -1.15. The van der Waals surface area contributed by atoms with Gasteiger partial charge in [0, 0.05) is 13.0 Å². The summed E-state index contributed by atoms with van der Waals surface area (Å²) in [7, 11) is 0. The number of nitrogens with zero attached hydrogens (tertiary/aromatic N) is 1. The molecule has 0 radical (unpaired) electrons. The van der Waals surface area contributed by atoms with Gasteiger partial charge in [0.1, 0.15) is 4.70 Å². The Labute approximate surface area is 82.0 Å². The fourth-order valence-electron chi connectivity index (χ4n) is 1.51. The Morgan fingerprint density at radius 2 is 2.23 bits per heavy atom. The molecule has 2 aromatic rings. The van der Waals surface area contributed by atoms with E-state index < -0.39 is 0 Å². The van der Waals surface area contributed by atoms with Crippen LogP contribution < -0.4 is 4.57 Å². The summed E-state index contributed by atoms with van der Waals surface area (Å²) in [5.74, 6) is 0. The highest BCUT2D eigenvalue weighted by molar-refractivity contribution is 7.18. The Kier molecular flexibility index (Phi) is 2.15. The van der Waals surface area contributed by atoms with E-state index in [1.165, 1.54) is 15.2 Å². The molecule has 13 heavy (non-hydrogen) atoms. The Balaban J connectivity index is 2.70. The number of para-hydroxylation sites is 1. The number of benzene rings is 1. The van der Waals surface area contributed by atoms with E-state index in [-0.39, 0.29) is 0 Å². The van der Waals surface area contributed by atoms with E-state index in [4.69, 9.17) is 0 Å². The summed E-state index contributed by atoms with van der Waals surface area (Å²) in [6.07, 6.45) is 1.94. The Morgan fingerprint density at radius 1 is 1.46 bits per heavy atom. The van der Waals surface area contributed by atoms with E-state index in [9.17, 15) is 0 Å². The van der Waals surface area contributed by atoms with Gasteiger partial charge in [-0.3, -0.25) is 0 Å². The van der Waals surface area contributed by atoms with Crippen molar-refractivity contribution in [2.75, 3.05) is 0 Å². The van der Waals surface area contributed by atoms with Gasteiger partial charge >= 0.3 is 0 Å². The first kappa shape index (κ1) is 8.45. The molecule has 2 rings (SSSR count). The molecule has 0 fully saturated rings. The first-order chi connectivity index (χ1) is 6.33. The summed E-state index contributed by atoms with van der Waals surface area (Å²) in [6, 6.07) is 8.47. The van der Waals surface area contributed by atoms with Crippen LogP contribution in [0, 0.1) is 6.92 Å². The van der Waals surface area contributed by atoms with E-state index >= 15 is 0 Å². The fraction of sp³-hybridized carbons (Fsp3) is 0.182. The van der Waals surface area contributed by atoms with E-state index in [1.54, 1.807) is 0 Å². The van der Waals surface area contributed by atoms with Crippen LogP contribution in [0.3, 0.4) is 0 Å². The average Bonchev–Trinajstić information content (AvgIpc) is 2.44. The number of allylic oxidation sites excluding steroid dienone is 1. The molecule has 1 aromatic heterocycles. The number of aromatic nitrogens is 1. The summed E-state index contributed by atoms with van der Waals surface area (Å²) in [4.78, 5) is 0. The molecule has 0 amide bonds. The molecule has 0 aliphatic carbocycles. The third kappa shape index (κ3) is 1.38. The normalized spacial score (nSPS) is 10.5. The van der Waals surface area contributed by atoms with E-state index in [0.29, 0.717) is 0 Å². The number of fused-ring (bicyclic) bond motifs is 1. The number of thiazole rings is 1. The van der Waals surface area contributed by atoms with Crippen LogP contribution in [0.4, 0.5) is 0 Å². The van der Waals surface area contributed by atoms with Gasteiger partial charge in [0.05, 0.1) is 0 Å². The molecule has 0 atom stereocenters. The minimum atomic E-state index is 0.899. The van der Waals surface area contributed by atoms with Gasteiger partial charge in [-0.25, -0.2) is 0 Å². The maximum absolute atomic E-state index is 3.77. The van der Waals surface area contributed by atoms with Gasteiger partial charge in [0.2, 0.25) is 10.5 Å². The van der Waals surface area contributed by atoms with Gasteiger partial charge in [0.15, 0.2) is 6.54 Å². The van der Waals surface area contributed by atoms with Crippen molar-refractivity contribution in [2.45, 2.75) is 13.5 Å². The topological polar surface area (TPSA) is 3.88 Å². The summed E-state index contributed by atoms with van der Waals surface area (Å²) in [6.45, 7) is 6.81. The van der Waals surface area contributed by atoms with Gasteiger partial charge < -0.3 is 0 Å². The second-order valence-electron chi connectivity index (χ2n) is 2.99. The first-order valence-electron chi connectivity index (χ1n) is 4.32. The second-order valence-corrected chi connectivity index (χ2v) is 4.22. The fourth-order valence-corrected chi connectivity index (χ4v) is 2.54. The van der Waals surface area contributed by atoms with Gasteiger partial charge in [-0.1, -0.05) is 30.0 Å². The van der Waals surface area contributed by atoms with Crippen LogP contribution in [0.15, 0.2) is 36.9 Å².